The van der Waals surface area contributed by atoms with Crippen molar-refractivity contribution in [2.75, 3.05) is 13.2 Å². The summed E-state index contributed by atoms with van der Waals surface area (Å²) in [6.45, 7) is 6.47. The van der Waals surface area contributed by atoms with E-state index in [0.717, 1.165) is 37.7 Å². The van der Waals surface area contributed by atoms with Crippen LogP contribution >= 0.6 is 0 Å². The number of hydrogen-bond acceptors (Lipinski definition) is 5. The molecule has 2 amide bonds. The second kappa shape index (κ2) is 11.1. The molecule has 33 heavy (non-hydrogen) atoms. The van der Waals surface area contributed by atoms with Crippen molar-refractivity contribution in [2.24, 2.45) is 11.3 Å². The van der Waals surface area contributed by atoms with E-state index in [0.29, 0.717) is 24.8 Å². The summed E-state index contributed by atoms with van der Waals surface area (Å²) in [6.07, 6.45) is 6.93. The number of ketones is 1. The first-order chi connectivity index (χ1) is 15.8. The Kier molecular flexibility index (Phi) is 8.51. The Morgan fingerprint density at radius 3 is 2.64 bits per heavy atom. The van der Waals surface area contributed by atoms with E-state index < -0.39 is 6.04 Å². The number of nitrogens with one attached hydrogen (secondary N) is 2. The number of ether oxygens (including phenoxy) is 1. The third kappa shape index (κ3) is 6.34. The zero-order valence-corrected chi connectivity index (χ0v) is 20.1. The van der Waals surface area contributed by atoms with Crippen LogP contribution in [0.15, 0.2) is 18.2 Å². The maximum atomic E-state index is 13.2. The van der Waals surface area contributed by atoms with Gasteiger partial charge in [0.05, 0.1) is 12.0 Å². The number of amides is 2. The van der Waals surface area contributed by atoms with E-state index in [4.69, 9.17) is 4.74 Å². The number of hydrogen-bond donors (Lipinski definition) is 3. The summed E-state index contributed by atoms with van der Waals surface area (Å²) in [5, 5.41) is 15.9. The molecule has 2 aliphatic rings. The SMILES string of the molecule is CCCc1cc(C(=O)N[C@@H](CC2(C)CCCC2)C(=O)NCC2C(=O)CO[C@H]2CC)ccc1O. The number of phenols is 1. The topological polar surface area (TPSA) is 105 Å². The average Bonchev–Trinajstić information content (AvgIpc) is 3.38. The van der Waals surface area contributed by atoms with Crippen LogP contribution < -0.4 is 10.6 Å². The Hall–Kier alpha value is -2.41. The van der Waals surface area contributed by atoms with E-state index in [-0.39, 0.29) is 53.9 Å². The van der Waals surface area contributed by atoms with Crippen molar-refractivity contribution in [1.82, 2.24) is 10.6 Å². The largest absolute Gasteiger partial charge is 0.508 e. The molecule has 182 valence electrons. The highest BCUT2D eigenvalue weighted by atomic mass is 16.5. The van der Waals surface area contributed by atoms with Crippen molar-refractivity contribution >= 4 is 17.6 Å². The standard InChI is InChI=1S/C26H38N2O5/c1-4-8-17-13-18(9-10-21(17)29)24(31)28-20(14-26(3)11-6-7-12-26)25(32)27-15-19-22(30)16-33-23(19)5-2/h9-10,13,19-20,23,29H,4-8,11-12,14-16H2,1-3H3,(H,27,32)(H,28,31)/t19?,20-,23-/m0/s1. The van der Waals surface area contributed by atoms with Gasteiger partial charge < -0.3 is 20.5 Å². The molecule has 1 aliphatic heterocycles. The summed E-state index contributed by atoms with van der Waals surface area (Å²) >= 11 is 0. The van der Waals surface area contributed by atoms with Crippen molar-refractivity contribution in [1.29, 1.82) is 0 Å². The molecule has 1 aliphatic carbocycles. The lowest BCUT2D eigenvalue weighted by molar-refractivity contribution is -0.124. The zero-order valence-electron chi connectivity index (χ0n) is 20.1. The number of benzene rings is 1. The van der Waals surface area contributed by atoms with Gasteiger partial charge in [-0.3, -0.25) is 14.4 Å². The van der Waals surface area contributed by atoms with Gasteiger partial charge in [-0.25, -0.2) is 0 Å². The Labute approximate surface area is 196 Å². The van der Waals surface area contributed by atoms with E-state index in [1.54, 1.807) is 12.1 Å². The smallest absolute Gasteiger partial charge is 0.251 e. The monoisotopic (exact) mass is 458 g/mol. The first-order valence-electron chi connectivity index (χ1n) is 12.3. The van der Waals surface area contributed by atoms with Gasteiger partial charge in [0.1, 0.15) is 18.4 Å². The predicted octanol–water partition coefficient (Wildman–Crippen LogP) is 3.52. The molecule has 1 saturated carbocycles. The van der Waals surface area contributed by atoms with Gasteiger partial charge >= 0.3 is 0 Å². The van der Waals surface area contributed by atoms with Crippen molar-refractivity contribution in [3.05, 3.63) is 29.3 Å². The fourth-order valence-electron chi connectivity index (χ4n) is 5.17. The number of phenolic OH excluding ortho intramolecular Hbond substituents is 1. The zero-order chi connectivity index (χ0) is 24.0. The van der Waals surface area contributed by atoms with E-state index in [2.05, 4.69) is 17.6 Å². The minimum Gasteiger partial charge on any atom is -0.508 e. The summed E-state index contributed by atoms with van der Waals surface area (Å²) < 4.78 is 5.52. The second-order valence-corrected chi connectivity index (χ2v) is 9.92. The minimum atomic E-state index is -0.693. The highest BCUT2D eigenvalue weighted by Crippen LogP contribution is 2.41. The van der Waals surface area contributed by atoms with Crippen LogP contribution in [0.5, 0.6) is 5.75 Å². The Balaban J connectivity index is 1.72. The number of carbonyl (C=O) groups excluding carboxylic acids is 3. The summed E-state index contributed by atoms with van der Waals surface area (Å²) in [4.78, 5) is 38.4. The molecule has 1 aromatic carbocycles. The molecule has 1 unspecified atom stereocenters. The first-order valence-corrected chi connectivity index (χ1v) is 12.3. The van der Waals surface area contributed by atoms with Crippen LogP contribution in [0, 0.1) is 11.3 Å². The van der Waals surface area contributed by atoms with Gasteiger partial charge in [-0.2, -0.15) is 0 Å². The molecule has 7 heteroatoms. The molecule has 0 aromatic heterocycles. The van der Waals surface area contributed by atoms with Gasteiger partial charge in [0, 0.05) is 12.1 Å². The maximum Gasteiger partial charge on any atom is 0.251 e. The quantitative estimate of drug-likeness (QED) is 0.498. The molecule has 1 heterocycles. The molecule has 0 bridgehead atoms. The number of rotatable bonds is 10. The molecule has 3 N–H and O–H groups in total. The van der Waals surface area contributed by atoms with Crippen LogP contribution in [-0.2, 0) is 20.7 Å². The molecule has 1 saturated heterocycles. The van der Waals surface area contributed by atoms with Crippen LogP contribution in [0.25, 0.3) is 0 Å². The number of carbonyl (C=O) groups is 3. The Morgan fingerprint density at radius 2 is 1.97 bits per heavy atom. The van der Waals surface area contributed by atoms with Gasteiger partial charge in [0.15, 0.2) is 5.78 Å². The van der Waals surface area contributed by atoms with Crippen LogP contribution in [0.3, 0.4) is 0 Å². The lowest BCUT2D eigenvalue weighted by Gasteiger charge is -2.29. The molecule has 1 aromatic rings. The van der Waals surface area contributed by atoms with Gasteiger partial charge in [0.2, 0.25) is 5.91 Å². The normalized spacial score (nSPS) is 22.8. The molecule has 3 atom stereocenters. The summed E-state index contributed by atoms with van der Waals surface area (Å²) in [7, 11) is 0. The van der Waals surface area contributed by atoms with Crippen molar-refractivity contribution in [3.63, 3.8) is 0 Å². The molecule has 7 nitrogen and oxygen atoms in total. The van der Waals surface area contributed by atoms with Crippen molar-refractivity contribution < 1.29 is 24.2 Å². The lowest BCUT2D eigenvalue weighted by Crippen LogP contribution is -2.50. The molecular weight excluding hydrogens is 420 g/mol. The Morgan fingerprint density at radius 1 is 1.24 bits per heavy atom. The summed E-state index contributed by atoms with van der Waals surface area (Å²) in [6, 6.07) is 4.11. The van der Waals surface area contributed by atoms with E-state index in [9.17, 15) is 19.5 Å². The van der Waals surface area contributed by atoms with Gasteiger partial charge in [-0.1, -0.05) is 40.0 Å². The van der Waals surface area contributed by atoms with Crippen molar-refractivity contribution in [3.8, 4) is 5.75 Å². The van der Waals surface area contributed by atoms with E-state index >= 15 is 0 Å². The number of aromatic hydroxyl groups is 1. The van der Waals surface area contributed by atoms with Crippen LogP contribution in [-0.4, -0.2) is 48.0 Å². The Bertz CT molecular complexity index is 862. The highest BCUT2D eigenvalue weighted by Gasteiger charge is 2.37. The maximum absolute atomic E-state index is 13.2. The summed E-state index contributed by atoms with van der Waals surface area (Å²) in [5.41, 5.74) is 1.14. The third-order valence-electron chi connectivity index (χ3n) is 7.19. The first kappa shape index (κ1) is 25.2. The number of Topliss-reactive ketones (excluding diaryl/α,β-unsaturated/α-hetero) is 1. The second-order valence-electron chi connectivity index (χ2n) is 9.92. The molecule has 0 radical (unpaired) electrons. The predicted molar refractivity (Wildman–Crippen MR) is 126 cm³/mol. The van der Waals surface area contributed by atoms with E-state index in [1.807, 2.05) is 13.8 Å². The van der Waals surface area contributed by atoms with Crippen molar-refractivity contribution in [2.45, 2.75) is 84.3 Å². The van der Waals surface area contributed by atoms with Gasteiger partial charge in [0.25, 0.3) is 5.91 Å². The van der Waals surface area contributed by atoms with Crippen LogP contribution in [0.1, 0.15) is 81.6 Å². The minimum absolute atomic E-state index is 0.00411. The molecule has 3 rings (SSSR count). The van der Waals surface area contributed by atoms with Crippen LogP contribution in [0.2, 0.25) is 0 Å². The summed E-state index contributed by atoms with van der Waals surface area (Å²) in [5.74, 6) is -0.751. The lowest BCUT2D eigenvalue weighted by atomic mass is 9.81. The molecule has 2 fully saturated rings. The number of aryl methyl sites for hydroxylation is 1. The fraction of sp³-hybridized carbons (Fsp3) is 0.654. The highest BCUT2D eigenvalue weighted by molar-refractivity contribution is 5.98. The van der Waals surface area contributed by atoms with Gasteiger partial charge in [-0.15, -0.1) is 0 Å². The average molecular weight is 459 g/mol. The van der Waals surface area contributed by atoms with Gasteiger partial charge in [-0.05, 0) is 61.3 Å². The molecular formula is C26H38N2O5. The fourth-order valence-corrected chi connectivity index (χ4v) is 5.17. The van der Waals surface area contributed by atoms with E-state index in [1.165, 1.54) is 6.07 Å². The molecule has 0 spiro atoms. The third-order valence-corrected chi connectivity index (χ3v) is 7.19. The van der Waals surface area contributed by atoms with Crippen LogP contribution in [0.4, 0.5) is 0 Å².